The summed E-state index contributed by atoms with van der Waals surface area (Å²) in [5.41, 5.74) is -0.125. The van der Waals surface area contributed by atoms with Gasteiger partial charge < -0.3 is 9.47 Å². The Morgan fingerprint density at radius 3 is 1.38 bits per heavy atom. The zero-order valence-corrected chi connectivity index (χ0v) is 26.3. The highest BCUT2D eigenvalue weighted by Gasteiger charge is 2.44. The van der Waals surface area contributed by atoms with Crippen molar-refractivity contribution in [1.29, 1.82) is 0 Å². The van der Waals surface area contributed by atoms with Gasteiger partial charge in [-0.3, -0.25) is 19.4 Å². The summed E-state index contributed by atoms with van der Waals surface area (Å²) in [6.45, 7) is 17.7. The summed E-state index contributed by atoms with van der Waals surface area (Å²) in [5.74, 6) is 1.46. The minimum Gasteiger partial charge on any atom is -0.426 e. The predicted octanol–water partition coefficient (Wildman–Crippen LogP) is 6.94. The second-order valence-corrected chi connectivity index (χ2v) is 14.3. The molecule has 6 heteroatoms. The van der Waals surface area contributed by atoms with E-state index in [4.69, 9.17) is 9.47 Å². The quantitative estimate of drug-likeness (QED) is 0.287. The molecule has 2 aromatic carbocycles. The normalized spacial score (nSPS) is 27.2. The first-order valence-corrected chi connectivity index (χ1v) is 15.0. The van der Waals surface area contributed by atoms with Crippen molar-refractivity contribution >= 4 is 22.7 Å². The van der Waals surface area contributed by atoms with Crippen molar-refractivity contribution in [2.45, 2.75) is 104 Å². The highest BCUT2D eigenvalue weighted by molar-refractivity contribution is 5.87. The minimum atomic E-state index is -0.155. The van der Waals surface area contributed by atoms with Crippen molar-refractivity contribution < 1.29 is 19.1 Å². The number of rotatable bonds is 6. The van der Waals surface area contributed by atoms with Crippen LogP contribution in [-0.2, 0) is 9.59 Å². The summed E-state index contributed by atoms with van der Waals surface area (Å²) in [7, 11) is 4.33. The Bertz CT molecular complexity index is 1140. The zero-order chi connectivity index (χ0) is 29.6. The van der Waals surface area contributed by atoms with Crippen molar-refractivity contribution in [3.63, 3.8) is 0 Å². The standard InChI is InChI=1S/C34H50N2O4/c1-21(2)29-17-25(19-33(5,6)35(29)9)31(37)39-27-13-11-24-16-28(14-12-23(24)15-27)40-32(38)26-18-30(22(3)4)36(10)34(7,8)20-26/h11-16,21-22,25-26,29-30H,17-20H2,1-10H3. The van der Waals surface area contributed by atoms with E-state index >= 15 is 0 Å². The van der Waals surface area contributed by atoms with E-state index in [-0.39, 0.29) is 34.9 Å². The number of esters is 2. The summed E-state index contributed by atoms with van der Waals surface area (Å²) in [4.78, 5) is 31.3. The third-order valence-electron chi connectivity index (χ3n) is 9.87. The molecule has 2 aliphatic rings. The van der Waals surface area contributed by atoms with Crippen molar-refractivity contribution in [3.8, 4) is 11.5 Å². The summed E-state index contributed by atoms with van der Waals surface area (Å²) in [6.07, 6.45) is 3.18. The molecule has 0 N–H and O–H groups in total. The van der Waals surface area contributed by atoms with Crippen LogP contribution < -0.4 is 9.47 Å². The van der Waals surface area contributed by atoms with Crippen LogP contribution in [0.2, 0.25) is 0 Å². The van der Waals surface area contributed by atoms with Gasteiger partial charge in [0.15, 0.2) is 0 Å². The number of piperidine rings is 2. The van der Waals surface area contributed by atoms with Gasteiger partial charge in [0, 0.05) is 23.2 Å². The molecule has 0 radical (unpaired) electrons. The van der Waals surface area contributed by atoms with Gasteiger partial charge in [0.2, 0.25) is 0 Å². The highest BCUT2D eigenvalue weighted by atomic mass is 16.5. The summed E-state index contributed by atoms with van der Waals surface area (Å²) in [6, 6.07) is 12.0. The van der Waals surface area contributed by atoms with Crippen molar-refractivity contribution in [2.24, 2.45) is 23.7 Å². The fraction of sp³-hybridized carbons (Fsp3) is 0.647. The van der Waals surface area contributed by atoms with Crippen molar-refractivity contribution in [1.82, 2.24) is 9.80 Å². The van der Waals surface area contributed by atoms with Gasteiger partial charge in [0.1, 0.15) is 11.5 Å². The van der Waals surface area contributed by atoms with Crippen LogP contribution in [0, 0.1) is 23.7 Å². The van der Waals surface area contributed by atoms with Gasteiger partial charge in [-0.15, -0.1) is 0 Å². The number of hydrogen-bond acceptors (Lipinski definition) is 6. The minimum absolute atomic E-state index is 0.0624. The molecule has 0 saturated carbocycles. The van der Waals surface area contributed by atoms with Gasteiger partial charge in [-0.1, -0.05) is 39.8 Å². The zero-order valence-electron chi connectivity index (χ0n) is 26.3. The maximum Gasteiger partial charge on any atom is 0.314 e. The number of fused-ring (bicyclic) bond motifs is 1. The summed E-state index contributed by atoms with van der Waals surface area (Å²) < 4.78 is 11.8. The van der Waals surface area contributed by atoms with Crippen LogP contribution in [0.4, 0.5) is 0 Å². The first-order valence-electron chi connectivity index (χ1n) is 15.0. The SMILES string of the molecule is CC(C)C1CC(C(=O)Oc2ccc3cc(OC(=O)C4CC(C(C)C)N(C)C(C)(C)C4)ccc3c2)CC(C)(C)N1C. The first kappa shape index (κ1) is 30.5. The lowest BCUT2D eigenvalue weighted by Gasteiger charge is -2.49. The molecule has 4 atom stereocenters. The predicted molar refractivity (Wildman–Crippen MR) is 162 cm³/mol. The summed E-state index contributed by atoms with van der Waals surface area (Å²) >= 11 is 0. The van der Waals surface area contributed by atoms with E-state index in [1.54, 1.807) is 0 Å². The lowest BCUT2D eigenvalue weighted by Crippen LogP contribution is -2.56. The van der Waals surface area contributed by atoms with Gasteiger partial charge in [-0.2, -0.15) is 0 Å². The maximum atomic E-state index is 13.2. The number of hydrogen-bond donors (Lipinski definition) is 0. The Hall–Kier alpha value is -2.44. The molecule has 4 rings (SSSR count). The number of likely N-dealkylation sites (tertiary alicyclic amines) is 2. The smallest absolute Gasteiger partial charge is 0.314 e. The van der Waals surface area contributed by atoms with E-state index in [0.717, 1.165) is 36.5 Å². The van der Waals surface area contributed by atoms with Crippen LogP contribution in [0.25, 0.3) is 10.8 Å². The lowest BCUT2D eigenvalue weighted by molar-refractivity contribution is -0.145. The topological polar surface area (TPSA) is 59.1 Å². The molecule has 0 amide bonds. The monoisotopic (exact) mass is 550 g/mol. The molecule has 0 aliphatic carbocycles. The molecule has 4 unspecified atom stereocenters. The Morgan fingerprint density at radius 1 is 0.700 bits per heavy atom. The first-order chi connectivity index (χ1) is 18.6. The molecule has 40 heavy (non-hydrogen) atoms. The number of carbonyl (C=O) groups excluding carboxylic acids is 2. The second-order valence-electron chi connectivity index (χ2n) is 14.3. The number of ether oxygens (including phenoxy) is 2. The Morgan fingerprint density at radius 2 is 1.05 bits per heavy atom. The van der Waals surface area contributed by atoms with Gasteiger partial charge in [0.25, 0.3) is 0 Å². The van der Waals surface area contributed by atoms with E-state index in [1.807, 2.05) is 36.4 Å². The van der Waals surface area contributed by atoms with Crippen LogP contribution in [-0.4, -0.2) is 59.0 Å². The number of benzene rings is 2. The average Bonchev–Trinajstić information content (AvgIpc) is 2.86. The van der Waals surface area contributed by atoms with Crippen LogP contribution in [0.1, 0.15) is 81.1 Å². The third-order valence-corrected chi connectivity index (χ3v) is 9.87. The molecule has 2 fully saturated rings. The highest BCUT2D eigenvalue weighted by Crippen LogP contribution is 2.39. The summed E-state index contributed by atoms with van der Waals surface area (Å²) in [5, 5.41) is 1.88. The molecular formula is C34H50N2O4. The Balaban J connectivity index is 1.43. The van der Waals surface area contributed by atoms with E-state index in [1.165, 1.54) is 0 Å². The van der Waals surface area contributed by atoms with Crippen molar-refractivity contribution in [2.75, 3.05) is 14.1 Å². The van der Waals surface area contributed by atoms with Crippen LogP contribution in [0.3, 0.4) is 0 Å². The van der Waals surface area contributed by atoms with E-state index in [2.05, 4.69) is 79.3 Å². The molecule has 220 valence electrons. The third kappa shape index (κ3) is 6.38. The van der Waals surface area contributed by atoms with Crippen LogP contribution in [0.15, 0.2) is 36.4 Å². The molecular weight excluding hydrogens is 500 g/mol. The van der Waals surface area contributed by atoms with Crippen molar-refractivity contribution in [3.05, 3.63) is 36.4 Å². The molecule has 0 spiro atoms. The van der Waals surface area contributed by atoms with Gasteiger partial charge >= 0.3 is 11.9 Å². The number of nitrogens with zero attached hydrogens (tertiary/aromatic N) is 2. The Labute approximate surface area is 241 Å². The molecule has 2 saturated heterocycles. The van der Waals surface area contributed by atoms with Gasteiger partial charge in [-0.25, -0.2) is 0 Å². The maximum absolute atomic E-state index is 13.2. The largest absolute Gasteiger partial charge is 0.426 e. The molecule has 2 aromatic rings. The molecule has 2 heterocycles. The van der Waals surface area contributed by atoms with Crippen LogP contribution >= 0.6 is 0 Å². The Kier molecular flexibility index (Phi) is 8.73. The van der Waals surface area contributed by atoms with E-state index in [0.29, 0.717) is 35.4 Å². The lowest BCUT2D eigenvalue weighted by atomic mass is 9.76. The molecule has 6 nitrogen and oxygen atoms in total. The number of carbonyl (C=O) groups is 2. The fourth-order valence-electron chi connectivity index (χ4n) is 6.98. The fourth-order valence-corrected chi connectivity index (χ4v) is 6.98. The second kappa shape index (κ2) is 11.4. The van der Waals surface area contributed by atoms with Crippen LogP contribution in [0.5, 0.6) is 11.5 Å². The molecule has 2 aliphatic heterocycles. The van der Waals surface area contributed by atoms with Gasteiger partial charge in [0.05, 0.1) is 11.8 Å². The average molecular weight is 551 g/mol. The van der Waals surface area contributed by atoms with E-state index in [9.17, 15) is 9.59 Å². The van der Waals surface area contributed by atoms with Gasteiger partial charge in [-0.05, 0) is 114 Å². The van der Waals surface area contributed by atoms with E-state index < -0.39 is 0 Å². The molecule has 0 bridgehead atoms. The molecule has 0 aromatic heterocycles.